The fourth-order valence-electron chi connectivity index (χ4n) is 1.90. The molecular formula is C15H14N2O2. The van der Waals surface area contributed by atoms with Gasteiger partial charge in [-0.05, 0) is 6.42 Å². The molecule has 1 heterocycles. The largest absolute Gasteiger partial charge is 0.478 e. The Morgan fingerprint density at radius 2 is 2.11 bits per heavy atom. The highest BCUT2D eigenvalue weighted by Gasteiger charge is 2.11. The molecule has 0 atom stereocenters. The fourth-order valence-corrected chi connectivity index (χ4v) is 1.90. The van der Waals surface area contributed by atoms with Crippen LogP contribution in [0.2, 0.25) is 0 Å². The van der Waals surface area contributed by atoms with Gasteiger partial charge in [0.15, 0.2) is 0 Å². The van der Waals surface area contributed by atoms with Gasteiger partial charge in [0.2, 0.25) is 0 Å². The number of aromatic nitrogens is 1. The molecular weight excluding hydrogens is 240 g/mol. The number of hydrogen-bond acceptors (Lipinski definition) is 3. The SMILES string of the molecule is C#CCCCNc1ncc(C(=O)O)c2ccccc12. The number of nitrogens with zero attached hydrogens (tertiary/aromatic N) is 1. The van der Waals surface area contributed by atoms with Crippen LogP contribution in [0, 0.1) is 12.3 Å². The first-order valence-electron chi connectivity index (χ1n) is 6.02. The second kappa shape index (κ2) is 5.87. The highest BCUT2D eigenvalue weighted by Crippen LogP contribution is 2.24. The van der Waals surface area contributed by atoms with E-state index in [0.717, 1.165) is 11.8 Å². The second-order valence-electron chi connectivity index (χ2n) is 4.11. The van der Waals surface area contributed by atoms with Crippen LogP contribution in [0.15, 0.2) is 30.5 Å². The molecule has 0 unspecified atom stereocenters. The van der Waals surface area contributed by atoms with Crippen molar-refractivity contribution in [2.24, 2.45) is 0 Å². The van der Waals surface area contributed by atoms with Crippen LogP contribution < -0.4 is 5.32 Å². The molecule has 96 valence electrons. The van der Waals surface area contributed by atoms with E-state index < -0.39 is 5.97 Å². The number of aromatic carboxylic acids is 1. The van der Waals surface area contributed by atoms with Crippen molar-refractivity contribution in [3.05, 3.63) is 36.0 Å². The summed E-state index contributed by atoms with van der Waals surface area (Å²) < 4.78 is 0. The van der Waals surface area contributed by atoms with Crippen molar-refractivity contribution < 1.29 is 9.90 Å². The van der Waals surface area contributed by atoms with E-state index in [1.165, 1.54) is 6.20 Å². The Hall–Kier alpha value is -2.54. The maximum absolute atomic E-state index is 11.1. The summed E-state index contributed by atoms with van der Waals surface area (Å²) in [6, 6.07) is 7.32. The Labute approximate surface area is 111 Å². The van der Waals surface area contributed by atoms with Gasteiger partial charge in [0.1, 0.15) is 5.82 Å². The van der Waals surface area contributed by atoms with E-state index in [-0.39, 0.29) is 5.56 Å². The highest BCUT2D eigenvalue weighted by molar-refractivity contribution is 6.06. The van der Waals surface area contributed by atoms with Crippen molar-refractivity contribution in [2.75, 3.05) is 11.9 Å². The molecule has 0 radical (unpaired) electrons. The lowest BCUT2D eigenvalue weighted by Gasteiger charge is -2.09. The Bertz CT molecular complexity index is 644. The van der Waals surface area contributed by atoms with Crippen molar-refractivity contribution in [1.29, 1.82) is 0 Å². The van der Waals surface area contributed by atoms with E-state index in [1.54, 1.807) is 6.07 Å². The molecule has 2 N–H and O–H groups in total. The summed E-state index contributed by atoms with van der Waals surface area (Å²) in [5.74, 6) is 2.30. The average molecular weight is 254 g/mol. The molecule has 0 aliphatic heterocycles. The van der Waals surface area contributed by atoms with Crippen LogP contribution in [-0.4, -0.2) is 22.6 Å². The molecule has 4 nitrogen and oxygen atoms in total. The van der Waals surface area contributed by atoms with Gasteiger partial charge in [-0.25, -0.2) is 9.78 Å². The first-order chi connectivity index (χ1) is 9.24. The number of carboxylic acid groups (broad SMARTS) is 1. The molecule has 1 aromatic carbocycles. The molecule has 0 saturated heterocycles. The van der Waals surface area contributed by atoms with Gasteiger partial charge in [-0.1, -0.05) is 24.3 Å². The van der Waals surface area contributed by atoms with Crippen LogP contribution in [0.1, 0.15) is 23.2 Å². The van der Waals surface area contributed by atoms with E-state index in [2.05, 4.69) is 16.2 Å². The molecule has 0 fully saturated rings. The topological polar surface area (TPSA) is 62.2 Å². The summed E-state index contributed by atoms with van der Waals surface area (Å²) in [7, 11) is 0. The molecule has 0 amide bonds. The van der Waals surface area contributed by atoms with Gasteiger partial charge in [-0.2, -0.15) is 0 Å². The van der Waals surface area contributed by atoms with Crippen molar-refractivity contribution >= 4 is 22.6 Å². The number of unbranched alkanes of at least 4 members (excludes halogenated alkanes) is 1. The van der Waals surface area contributed by atoms with E-state index in [0.29, 0.717) is 24.2 Å². The molecule has 2 aromatic rings. The molecule has 4 heteroatoms. The van der Waals surface area contributed by atoms with Crippen LogP contribution in [0.25, 0.3) is 10.8 Å². The van der Waals surface area contributed by atoms with E-state index in [9.17, 15) is 4.79 Å². The van der Waals surface area contributed by atoms with Crippen LogP contribution in [0.3, 0.4) is 0 Å². The third kappa shape index (κ3) is 2.83. The first kappa shape index (κ1) is 12.9. The number of pyridine rings is 1. The second-order valence-corrected chi connectivity index (χ2v) is 4.11. The highest BCUT2D eigenvalue weighted by atomic mass is 16.4. The summed E-state index contributed by atoms with van der Waals surface area (Å²) in [6.45, 7) is 0.716. The Kier molecular flexibility index (Phi) is 3.99. The smallest absolute Gasteiger partial charge is 0.337 e. The summed E-state index contributed by atoms with van der Waals surface area (Å²) in [5, 5.41) is 13.8. The predicted molar refractivity (Wildman–Crippen MR) is 75.3 cm³/mol. The van der Waals surface area contributed by atoms with Crippen molar-refractivity contribution in [2.45, 2.75) is 12.8 Å². The minimum atomic E-state index is -0.970. The number of carbonyl (C=O) groups is 1. The summed E-state index contributed by atoms with van der Waals surface area (Å²) in [6.07, 6.45) is 8.14. The average Bonchev–Trinajstić information content (AvgIpc) is 2.43. The Balaban J connectivity index is 2.33. The van der Waals surface area contributed by atoms with Crippen molar-refractivity contribution in [3.63, 3.8) is 0 Å². The Morgan fingerprint density at radius 3 is 2.79 bits per heavy atom. The Morgan fingerprint density at radius 1 is 1.37 bits per heavy atom. The molecule has 0 bridgehead atoms. The summed E-state index contributed by atoms with van der Waals surface area (Å²) in [5.41, 5.74) is 0.213. The lowest BCUT2D eigenvalue weighted by atomic mass is 10.1. The third-order valence-corrected chi connectivity index (χ3v) is 2.82. The first-order valence-corrected chi connectivity index (χ1v) is 6.02. The van der Waals surface area contributed by atoms with Crippen LogP contribution in [0.4, 0.5) is 5.82 Å². The van der Waals surface area contributed by atoms with Crippen molar-refractivity contribution in [1.82, 2.24) is 4.98 Å². The van der Waals surface area contributed by atoms with Gasteiger partial charge >= 0.3 is 5.97 Å². The third-order valence-electron chi connectivity index (χ3n) is 2.82. The summed E-state index contributed by atoms with van der Waals surface area (Å²) >= 11 is 0. The monoisotopic (exact) mass is 254 g/mol. The van der Waals surface area contributed by atoms with Crippen molar-refractivity contribution in [3.8, 4) is 12.3 Å². The van der Waals surface area contributed by atoms with Gasteiger partial charge in [0.25, 0.3) is 0 Å². The van der Waals surface area contributed by atoms with Gasteiger partial charge in [0, 0.05) is 29.9 Å². The zero-order valence-corrected chi connectivity index (χ0v) is 10.4. The summed E-state index contributed by atoms with van der Waals surface area (Å²) in [4.78, 5) is 15.3. The standard InChI is InChI=1S/C15H14N2O2/c1-2-3-6-9-16-14-12-8-5-4-7-11(12)13(10-17-14)15(18)19/h1,4-5,7-8,10H,3,6,9H2,(H,16,17)(H,18,19). The van der Waals surface area contributed by atoms with E-state index in [4.69, 9.17) is 11.5 Å². The maximum Gasteiger partial charge on any atom is 0.337 e. The van der Waals surface area contributed by atoms with Gasteiger partial charge < -0.3 is 10.4 Å². The number of fused-ring (bicyclic) bond motifs is 1. The van der Waals surface area contributed by atoms with Crippen LogP contribution in [-0.2, 0) is 0 Å². The molecule has 2 rings (SSSR count). The number of terminal acetylenes is 1. The minimum absolute atomic E-state index is 0.213. The molecule has 0 aliphatic rings. The molecule has 19 heavy (non-hydrogen) atoms. The molecule has 1 aromatic heterocycles. The van der Waals surface area contributed by atoms with Gasteiger partial charge in [-0.3, -0.25) is 0 Å². The number of hydrogen-bond donors (Lipinski definition) is 2. The number of rotatable bonds is 5. The van der Waals surface area contributed by atoms with Gasteiger partial charge in [-0.15, -0.1) is 12.3 Å². The molecule has 0 spiro atoms. The van der Waals surface area contributed by atoms with Crippen LogP contribution >= 0.6 is 0 Å². The van der Waals surface area contributed by atoms with E-state index in [1.807, 2.05) is 18.2 Å². The lowest BCUT2D eigenvalue weighted by Crippen LogP contribution is -2.06. The number of carboxylic acids is 1. The molecule has 0 aliphatic carbocycles. The zero-order chi connectivity index (χ0) is 13.7. The minimum Gasteiger partial charge on any atom is -0.478 e. The van der Waals surface area contributed by atoms with Gasteiger partial charge in [0.05, 0.1) is 5.56 Å². The zero-order valence-electron chi connectivity index (χ0n) is 10.4. The molecule has 0 saturated carbocycles. The maximum atomic E-state index is 11.1. The predicted octanol–water partition coefficient (Wildman–Crippen LogP) is 2.76. The number of anilines is 1. The normalized spacial score (nSPS) is 10.1. The quantitative estimate of drug-likeness (QED) is 0.636. The number of nitrogens with one attached hydrogen (secondary N) is 1. The lowest BCUT2D eigenvalue weighted by molar-refractivity contribution is 0.0698. The fraction of sp³-hybridized carbons (Fsp3) is 0.200. The number of benzene rings is 1. The van der Waals surface area contributed by atoms with Crippen LogP contribution in [0.5, 0.6) is 0 Å². The van der Waals surface area contributed by atoms with E-state index >= 15 is 0 Å².